The maximum atomic E-state index is 12.4. The molecule has 4 aliphatic carbocycles. The number of hydrogen-bond acceptors (Lipinski definition) is 2. The first kappa shape index (κ1) is 19.6. The molecule has 2 N–H and O–H groups in total. The average molecular weight is 385 g/mol. The van der Waals surface area contributed by atoms with Crippen molar-refractivity contribution in [3.05, 3.63) is 29.3 Å². The predicted molar refractivity (Wildman–Crippen MR) is 113 cm³/mol. The SMILES string of the molecule is Cc1cccc(C)c1OCCCNC(=O)NC(C)C12CC3CC(CC(C3)C1)C2. The third kappa shape index (κ3) is 4.01. The molecule has 0 saturated heterocycles. The molecule has 1 aromatic carbocycles. The molecule has 0 heterocycles. The van der Waals surface area contributed by atoms with Gasteiger partial charge in [0.25, 0.3) is 0 Å². The number of urea groups is 1. The first-order chi connectivity index (χ1) is 13.4. The molecule has 5 rings (SSSR count). The molecule has 0 radical (unpaired) electrons. The van der Waals surface area contributed by atoms with E-state index in [0.29, 0.717) is 18.6 Å². The summed E-state index contributed by atoms with van der Waals surface area (Å²) in [6, 6.07) is 6.44. The van der Waals surface area contributed by atoms with Gasteiger partial charge in [-0.15, -0.1) is 0 Å². The third-order valence-electron chi connectivity index (χ3n) is 7.61. The monoisotopic (exact) mass is 384 g/mol. The molecule has 4 fully saturated rings. The lowest BCUT2D eigenvalue weighted by Gasteiger charge is -2.59. The highest BCUT2D eigenvalue weighted by Crippen LogP contribution is 2.61. The molecule has 4 heteroatoms. The number of aryl methyl sites for hydroxylation is 2. The average Bonchev–Trinajstić information content (AvgIpc) is 2.62. The zero-order chi connectivity index (χ0) is 19.7. The molecule has 1 atom stereocenters. The molecule has 1 aromatic rings. The van der Waals surface area contributed by atoms with Crippen molar-refractivity contribution in [2.75, 3.05) is 13.2 Å². The number of benzene rings is 1. The Labute approximate surface area is 169 Å². The number of hydrogen-bond donors (Lipinski definition) is 2. The van der Waals surface area contributed by atoms with Crippen molar-refractivity contribution >= 4 is 6.03 Å². The lowest BCUT2D eigenvalue weighted by atomic mass is 9.48. The molecule has 0 aliphatic heterocycles. The van der Waals surface area contributed by atoms with E-state index in [-0.39, 0.29) is 12.1 Å². The molecular weight excluding hydrogens is 348 g/mol. The summed E-state index contributed by atoms with van der Waals surface area (Å²) < 4.78 is 5.92. The van der Waals surface area contributed by atoms with E-state index in [1.54, 1.807) is 0 Å². The van der Waals surface area contributed by atoms with Crippen LogP contribution in [0.25, 0.3) is 0 Å². The molecule has 28 heavy (non-hydrogen) atoms. The number of para-hydroxylation sites is 1. The summed E-state index contributed by atoms with van der Waals surface area (Å²) in [7, 11) is 0. The second-order valence-corrected chi connectivity index (χ2v) is 9.82. The maximum Gasteiger partial charge on any atom is 0.315 e. The van der Waals surface area contributed by atoms with Crippen LogP contribution in [0.4, 0.5) is 4.79 Å². The first-order valence-corrected chi connectivity index (χ1v) is 11.2. The molecule has 0 aromatic heterocycles. The lowest BCUT2D eigenvalue weighted by molar-refractivity contribution is -0.0682. The van der Waals surface area contributed by atoms with Crippen molar-refractivity contribution in [1.29, 1.82) is 0 Å². The van der Waals surface area contributed by atoms with E-state index in [2.05, 4.69) is 43.5 Å². The van der Waals surface area contributed by atoms with Gasteiger partial charge in [-0.2, -0.15) is 0 Å². The normalized spacial score (nSPS) is 31.5. The highest BCUT2D eigenvalue weighted by molar-refractivity contribution is 5.74. The molecule has 0 spiro atoms. The highest BCUT2D eigenvalue weighted by atomic mass is 16.5. The van der Waals surface area contributed by atoms with Crippen LogP contribution in [-0.2, 0) is 0 Å². The van der Waals surface area contributed by atoms with E-state index in [9.17, 15) is 4.79 Å². The van der Waals surface area contributed by atoms with Gasteiger partial charge in [0.05, 0.1) is 6.61 Å². The molecule has 154 valence electrons. The quantitative estimate of drug-likeness (QED) is 0.652. The van der Waals surface area contributed by atoms with Gasteiger partial charge in [0.2, 0.25) is 0 Å². The smallest absolute Gasteiger partial charge is 0.315 e. The van der Waals surface area contributed by atoms with Crippen LogP contribution in [0.2, 0.25) is 0 Å². The van der Waals surface area contributed by atoms with Crippen LogP contribution in [0.15, 0.2) is 18.2 Å². The second-order valence-electron chi connectivity index (χ2n) is 9.82. The number of carbonyl (C=O) groups is 1. The molecule has 4 aliphatic rings. The van der Waals surface area contributed by atoms with Crippen molar-refractivity contribution < 1.29 is 9.53 Å². The second kappa shape index (κ2) is 7.96. The first-order valence-electron chi connectivity index (χ1n) is 11.2. The predicted octanol–water partition coefficient (Wildman–Crippen LogP) is 4.98. The van der Waals surface area contributed by atoms with Gasteiger partial charge >= 0.3 is 6.03 Å². The Hall–Kier alpha value is -1.71. The standard InChI is InChI=1S/C24H36N2O2/c1-16-6-4-7-17(2)22(16)28-9-5-8-25-23(27)26-18(3)24-13-19-10-20(14-24)12-21(11-19)15-24/h4,6-7,18-21H,5,8-15H2,1-3H3,(H2,25,26,27). The van der Waals surface area contributed by atoms with Gasteiger partial charge in [-0.3, -0.25) is 0 Å². The molecular formula is C24H36N2O2. The summed E-state index contributed by atoms with van der Waals surface area (Å²) in [5, 5.41) is 6.30. The van der Waals surface area contributed by atoms with Crippen molar-refractivity contribution in [2.45, 2.75) is 71.8 Å². The molecule has 4 bridgehead atoms. The summed E-state index contributed by atoms with van der Waals surface area (Å²) in [6.45, 7) is 7.64. The highest BCUT2D eigenvalue weighted by Gasteiger charge is 2.53. The topological polar surface area (TPSA) is 50.4 Å². The van der Waals surface area contributed by atoms with Crippen LogP contribution in [0.5, 0.6) is 5.75 Å². The number of nitrogens with one attached hydrogen (secondary N) is 2. The lowest BCUT2D eigenvalue weighted by Crippen LogP contribution is -2.57. The van der Waals surface area contributed by atoms with E-state index in [1.807, 2.05) is 6.07 Å². The molecule has 1 unspecified atom stereocenters. The number of amides is 2. The number of ether oxygens (including phenoxy) is 1. The summed E-state index contributed by atoms with van der Waals surface area (Å²) >= 11 is 0. The van der Waals surface area contributed by atoms with Crippen LogP contribution < -0.4 is 15.4 Å². The summed E-state index contributed by atoms with van der Waals surface area (Å²) in [6.07, 6.45) is 9.11. The Morgan fingerprint density at radius 3 is 2.25 bits per heavy atom. The minimum atomic E-state index is -0.0182. The van der Waals surface area contributed by atoms with E-state index in [0.717, 1.165) is 41.1 Å². The summed E-state index contributed by atoms with van der Waals surface area (Å²) in [4.78, 5) is 12.4. The van der Waals surface area contributed by atoms with Crippen molar-refractivity contribution in [2.24, 2.45) is 23.2 Å². The Bertz CT molecular complexity index is 659. The summed E-state index contributed by atoms with van der Waals surface area (Å²) in [5.74, 6) is 3.73. The van der Waals surface area contributed by atoms with Crippen LogP contribution in [0.1, 0.15) is 63.0 Å². The van der Waals surface area contributed by atoms with Crippen molar-refractivity contribution in [3.63, 3.8) is 0 Å². The van der Waals surface area contributed by atoms with Crippen LogP contribution in [0, 0.1) is 37.0 Å². The fourth-order valence-corrected chi connectivity index (χ4v) is 6.58. The van der Waals surface area contributed by atoms with Gasteiger partial charge in [-0.05, 0) is 100 Å². The Balaban J connectivity index is 1.19. The fourth-order valence-electron chi connectivity index (χ4n) is 6.58. The number of rotatable bonds is 7. The molecule has 2 amide bonds. The van der Waals surface area contributed by atoms with Gasteiger partial charge in [0.15, 0.2) is 0 Å². The van der Waals surface area contributed by atoms with E-state index in [1.165, 1.54) is 38.5 Å². The van der Waals surface area contributed by atoms with Crippen LogP contribution in [-0.4, -0.2) is 25.2 Å². The van der Waals surface area contributed by atoms with Crippen LogP contribution in [0.3, 0.4) is 0 Å². The van der Waals surface area contributed by atoms with Crippen LogP contribution >= 0.6 is 0 Å². The van der Waals surface area contributed by atoms with Gasteiger partial charge in [-0.25, -0.2) is 4.79 Å². The Morgan fingerprint density at radius 2 is 1.68 bits per heavy atom. The van der Waals surface area contributed by atoms with Gasteiger partial charge in [-0.1, -0.05) is 18.2 Å². The Morgan fingerprint density at radius 1 is 1.11 bits per heavy atom. The Kier molecular flexibility index (Phi) is 5.57. The zero-order valence-corrected chi connectivity index (χ0v) is 17.7. The molecule has 4 saturated carbocycles. The number of carbonyl (C=O) groups excluding carboxylic acids is 1. The minimum Gasteiger partial charge on any atom is -0.493 e. The largest absolute Gasteiger partial charge is 0.493 e. The summed E-state index contributed by atoms with van der Waals surface area (Å²) in [5.41, 5.74) is 2.68. The van der Waals surface area contributed by atoms with E-state index < -0.39 is 0 Å². The van der Waals surface area contributed by atoms with Gasteiger partial charge < -0.3 is 15.4 Å². The maximum absolute atomic E-state index is 12.4. The van der Waals surface area contributed by atoms with Gasteiger partial charge in [0.1, 0.15) is 5.75 Å². The van der Waals surface area contributed by atoms with Crippen molar-refractivity contribution in [1.82, 2.24) is 10.6 Å². The zero-order valence-electron chi connectivity index (χ0n) is 17.7. The van der Waals surface area contributed by atoms with E-state index in [4.69, 9.17) is 4.74 Å². The molecule has 4 nitrogen and oxygen atoms in total. The van der Waals surface area contributed by atoms with Gasteiger partial charge in [0, 0.05) is 12.6 Å². The third-order valence-corrected chi connectivity index (χ3v) is 7.61. The minimum absolute atomic E-state index is 0.0182. The fraction of sp³-hybridized carbons (Fsp3) is 0.708. The van der Waals surface area contributed by atoms with Crippen molar-refractivity contribution in [3.8, 4) is 5.75 Å². The van der Waals surface area contributed by atoms with E-state index >= 15 is 0 Å².